The Labute approximate surface area is 172 Å². The highest BCUT2D eigenvalue weighted by Gasteiger charge is 2.17. The summed E-state index contributed by atoms with van der Waals surface area (Å²) >= 11 is 1.40. The van der Waals surface area contributed by atoms with Crippen molar-refractivity contribution in [1.82, 2.24) is 4.98 Å². The molecule has 0 saturated heterocycles. The number of thioether (sulfide) groups is 1. The van der Waals surface area contributed by atoms with Crippen molar-refractivity contribution in [2.45, 2.75) is 25.3 Å². The molecule has 1 amide bonds. The highest BCUT2D eigenvalue weighted by molar-refractivity contribution is 8.00. The van der Waals surface area contributed by atoms with E-state index in [0.29, 0.717) is 17.0 Å². The number of carbonyl (C=O) groups excluding carboxylic acids is 2. The third-order valence-electron chi connectivity index (χ3n) is 4.62. The first kappa shape index (κ1) is 19.3. The zero-order valence-corrected chi connectivity index (χ0v) is 17.0. The van der Waals surface area contributed by atoms with Gasteiger partial charge in [0.25, 0.3) is 0 Å². The van der Waals surface area contributed by atoms with Gasteiger partial charge in [-0.25, -0.2) is 4.98 Å². The molecule has 1 N–H and O–H groups in total. The highest BCUT2D eigenvalue weighted by atomic mass is 32.2. The number of nitrogens with one attached hydrogen (secondary N) is 1. The van der Waals surface area contributed by atoms with Crippen LogP contribution in [0.5, 0.6) is 11.5 Å². The van der Waals surface area contributed by atoms with Crippen LogP contribution in [0.2, 0.25) is 0 Å². The zero-order valence-electron chi connectivity index (χ0n) is 16.2. The Morgan fingerprint density at radius 2 is 1.93 bits per heavy atom. The lowest BCUT2D eigenvalue weighted by atomic mass is 10.1. The van der Waals surface area contributed by atoms with Gasteiger partial charge in [-0.1, -0.05) is 30.8 Å². The number of pyridine rings is 1. The van der Waals surface area contributed by atoms with Gasteiger partial charge in [-0.15, -0.1) is 0 Å². The Hall–Kier alpha value is -3.06. The minimum Gasteiger partial charge on any atom is -0.454 e. The summed E-state index contributed by atoms with van der Waals surface area (Å²) in [6, 6.07) is 12.8. The number of amides is 1. The number of aryl methyl sites for hydroxylation is 1. The summed E-state index contributed by atoms with van der Waals surface area (Å²) in [5.74, 6) is 1.46. The second-order valence-corrected chi connectivity index (χ2v) is 7.64. The molecule has 1 aromatic heterocycles. The first-order chi connectivity index (χ1) is 14.0. The summed E-state index contributed by atoms with van der Waals surface area (Å²) in [7, 11) is 0. The van der Waals surface area contributed by atoms with Crippen molar-refractivity contribution in [2.24, 2.45) is 0 Å². The van der Waals surface area contributed by atoms with Crippen molar-refractivity contribution in [3.63, 3.8) is 0 Å². The molecule has 1 aliphatic rings. The monoisotopic (exact) mass is 408 g/mol. The molecule has 3 aromatic rings. The largest absolute Gasteiger partial charge is 0.454 e. The van der Waals surface area contributed by atoms with E-state index in [1.807, 2.05) is 12.1 Å². The van der Waals surface area contributed by atoms with Crippen molar-refractivity contribution in [3.05, 3.63) is 53.6 Å². The van der Waals surface area contributed by atoms with Crippen LogP contribution in [0.4, 0.5) is 5.69 Å². The van der Waals surface area contributed by atoms with Gasteiger partial charge < -0.3 is 14.8 Å². The average molecular weight is 408 g/mol. The number of benzene rings is 2. The van der Waals surface area contributed by atoms with Crippen LogP contribution in [-0.4, -0.2) is 29.2 Å². The number of ketones is 1. The van der Waals surface area contributed by atoms with Gasteiger partial charge >= 0.3 is 0 Å². The van der Waals surface area contributed by atoms with E-state index in [-0.39, 0.29) is 24.2 Å². The van der Waals surface area contributed by atoms with E-state index in [2.05, 4.69) is 18.3 Å². The molecule has 29 heavy (non-hydrogen) atoms. The first-order valence-corrected chi connectivity index (χ1v) is 10.3. The maximum absolute atomic E-state index is 12.4. The van der Waals surface area contributed by atoms with Crippen molar-refractivity contribution in [1.29, 1.82) is 0 Å². The fourth-order valence-electron chi connectivity index (χ4n) is 3.12. The molecule has 148 valence electrons. The Bertz CT molecular complexity index is 1110. The number of hydrogen-bond acceptors (Lipinski definition) is 6. The van der Waals surface area contributed by atoms with Crippen LogP contribution in [0, 0.1) is 0 Å². The lowest BCUT2D eigenvalue weighted by molar-refractivity contribution is -0.113. The quantitative estimate of drug-likeness (QED) is 0.479. The molecular weight excluding hydrogens is 388 g/mol. The molecule has 0 aliphatic carbocycles. The van der Waals surface area contributed by atoms with E-state index in [1.54, 1.807) is 24.3 Å². The van der Waals surface area contributed by atoms with Crippen LogP contribution in [0.1, 0.15) is 29.8 Å². The van der Waals surface area contributed by atoms with Crippen LogP contribution in [0.15, 0.2) is 47.5 Å². The number of hydrogen-bond donors (Lipinski definition) is 1. The maximum atomic E-state index is 12.4. The molecule has 0 radical (unpaired) electrons. The van der Waals surface area contributed by atoms with Crippen molar-refractivity contribution >= 4 is 40.0 Å². The predicted octanol–water partition coefficient (Wildman–Crippen LogP) is 4.46. The Morgan fingerprint density at radius 1 is 1.14 bits per heavy atom. The Morgan fingerprint density at radius 3 is 2.69 bits per heavy atom. The van der Waals surface area contributed by atoms with E-state index >= 15 is 0 Å². The van der Waals surface area contributed by atoms with Crippen molar-refractivity contribution < 1.29 is 19.1 Å². The van der Waals surface area contributed by atoms with E-state index < -0.39 is 0 Å². The van der Waals surface area contributed by atoms with Crippen LogP contribution in [0.25, 0.3) is 10.9 Å². The van der Waals surface area contributed by atoms with Gasteiger partial charge in [0.15, 0.2) is 17.3 Å². The molecule has 0 fully saturated rings. The number of fused-ring (bicyclic) bond motifs is 2. The number of ether oxygens (including phenoxy) is 2. The summed E-state index contributed by atoms with van der Waals surface area (Å²) in [5.41, 5.74) is 3.06. The lowest BCUT2D eigenvalue weighted by Crippen LogP contribution is -2.14. The molecule has 4 rings (SSSR count). The van der Waals surface area contributed by atoms with Crippen LogP contribution < -0.4 is 14.8 Å². The molecule has 0 saturated carbocycles. The SMILES string of the molecule is CCc1cc2cc3c(cc2nc1SCC(=O)Nc1cccc(C(C)=O)c1)OCO3. The van der Waals surface area contributed by atoms with Gasteiger partial charge in [-0.3, -0.25) is 9.59 Å². The van der Waals surface area contributed by atoms with E-state index in [4.69, 9.17) is 14.5 Å². The van der Waals surface area contributed by atoms with Gasteiger partial charge in [-0.2, -0.15) is 0 Å². The van der Waals surface area contributed by atoms with Gasteiger partial charge in [0.2, 0.25) is 12.7 Å². The molecule has 2 heterocycles. The Kier molecular flexibility index (Phi) is 5.40. The normalized spacial score (nSPS) is 12.2. The summed E-state index contributed by atoms with van der Waals surface area (Å²) in [5, 5.41) is 4.65. The summed E-state index contributed by atoms with van der Waals surface area (Å²) in [6.45, 7) is 3.78. The first-order valence-electron chi connectivity index (χ1n) is 9.30. The average Bonchev–Trinajstić information content (AvgIpc) is 3.17. The third kappa shape index (κ3) is 4.19. The van der Waals surface area contributed by atoms with Gasteiger partial charge in [0.1, 0.15) is 5.03 Å². The number of carbonyl (C=O) groups is 2. The fourth-order valence-corrected chi connectivity index (χ4v) is 4.01. The number of aromatic nitrogens is 1. The molecule has 2 aromatic carbocycles. The highest BCUT2D eigenvalue weighted by Crippen LogP contribution is 2.37. The van der Waals surface area contributed by atoms with Gasteiger partial charge in [0, 0.05) is 22.7 Å². The van der Waals surface area contributed by atoms with Crippen LogP contribution in [-0.2, 0) is 11.2 Å². The zero-order chi connectivity index (χ0) is 20.4. The van der Waals surface area contributed by atoms with E-state index in [9.17, 15) is 9.59 Å². The minimum atomic E-state index is -0.148. The maximum Gasteiger partial charge on any atom is 0.234 e. The Balaban J connectivity index is 1.50. The minimum absolute atomic E-state index is 0.0377. The number of anilines is 1. The second kappa shape index (κ2) is 8.13. The molecular formula is C22H20N2O4S. The molecule has 1 aliphatic heterocycles. The molecule has 0 unspecified atom stereocenters. The number of rotatable bonds is 6. The number of Topliss-reactive ketones (excluding diaryl/α,β-unsaturated/α-hetero) is 1. The molecule has 7 heteroatoms. The fraction of sp³-hybridized carbons (Fsp3) is 0.227. The van der Waals surface area contributed by atoms with Crippen LogP contribution in [0.3, 0.4) is 0 Å². The van der Waals surface area contributed by atoms with Crippen molar-refractivity contribution in [3.8, 4) is 11.5 Å². The van der Waals surface area contributed by atoms with Crippen molar-refractivity contribution in [2.75, 3.05) is 17.9 Å². The van der Waals surface area contributed by atoms with Gasteiger partial charge in [0.05, 0.1) is 11.3 Å². The third-order valence-corrected chi connectivity index (χ3v) is 5.66. The van der Waals surface area contributed by atoms with E-state index in [1.165, 1.54) is 18.7 Å². The smallest absolute Gasteiger partial charge is 0.234 e. The lowest BCUT2D eigenvalue weighted by Gasteiger charge is -2.10. The molecule has 6 nitrogen and oxygen atoms in total. The molecule has 0 atom stereocenters. The molecule has 0 spiro atoms. The van der Waals surface area contributed by atoms with Crippen LogP contribution >= 0.6 is 11.8 Å². The standard InChI is InChI=1S/C22H20N2O4S/c1-3-14-7-16-9-19-20(28-12-27-19)10-18(16)24-22(14)29-11-21(26)23-17-6-4-5-15(8-17)13(2)25/h4-10H,3,11-12H2,1-2H3,(H,23,26). The summed E-state index contributed by atoms with van der Waals surface area (Å²) < 4.78 is 10.9. The second-order valence-electron chi connectivity index (χ2n) is 6.68. The predicted molar refractivity (Wildman–Crippen MR) is 113 cm³/mol. The summed E-state index contributed by atoms with van der Waals surface area (Å²) in [4.78, 5) is 28.6. The van der Waals surface area contributed by atoms with Gasteiger partial charge in [-0.05, 0) is 43.2 Å². The molecule has 0 bridgehead atoms. The van der Waals surface area contributed by atoms with E-state index in [0.717, 1.165) is 33.7 Å². The number of nitrogens with zero attached hydrogens (tertiary/aromatic N) is 1. The topological polar surface area (TPSA) is 77.5 Å². The summed E-state index contributed by atoms with van der Waals surface area (Å²) in [6.07, 6.45) is 0.808.